The van der Waals surface area contributed by atoms with E-state index in [1.165, 1.54) is 12.4 Å². The van der Waals surface area contributed by atoms with Gasteiger partial charge < -0.3 is 10.0 Å². The van der Waals surface area contributed by atoms with E-state index < -0.39 is 0 Å². The molecular weight excluding hydrogens is 309 g/mol. The van der Waals surface area contributed by atoms with Crippen molar-refractivity contribution in [1.29, 1.82) is 0 Å². The maximum absolute atomic E-state index is 14.3. The topological polar surface area (TPSA) is 67.1 Å². The van der Waals surface area contributed by atoms with Crippen LogP contribution in [0.4, 0.5) is 10.2 Å². The van der Waals surface area contributed by atoms with Crippen molar-refractivity contribution in [1.82, 2.24) is 19.7 Å². The molecule has 3 heterocycles. The van der Waals surface area contributed by atoms with Crippen LogP contribution < -0.4 is 4.90 Å². The van der Waals surface area contributed by atoms with Gasteiger partial charge >= 0.3 is 0 Å². The van der Waals surface area contributed by atoms with E-state index in [2.05, 4.69) is 15.1 Å². The first-order valence-corrected chi connectivity index (χ1v) is 7.91. The molecule has 6 nitrogen and oxygen atoms in total. The van der Waals surface area contributed by atoms with Crippen LogP contribution in [-0.2, 0) is 7.05 Å². The van der Waals surface area contributed by atoms with Gasteiger partial charge in [0.05, 0.1) is 17.1 Å². The highest BCUT2D eigenvalue weighted by Gasteiger charge is 2.35. The van der Waals surface area contributed by atoms with Crippen molar-refractivity contribution in [3.8, 4) is 0 Å². The van der Waals surface area contributed by atoms with Crippen LogP contribution in [0.25, 0.3) is 10.9 Å². The van der Waals surface area contributed by atoms with Crippen molar-refractivity contribution in [2.45, 2.75) is 5.92 Å². The third-order valence-electron chi connectivity index (χ3n) is 4.72. The molecule has 0 bridgehead atoms. The molecule has 4 rings (SSSR count). The summed E-state index contributed by atoms with van der Waals surface area (Å²) in [5.41, 5.74) is 1.67. The lowest BCUT2D eigenvalue weighted by Gasteiger charge is -2.19. The maximum Gasteiger partial charge on any atom is 0.142 e. The number of nitrogens with zero attached hydrogens (tertiary/aromatic N) is 5. The number of hydrogen-bond donors (Lipinski definition) is 1. The molecule has 24 heavy (non-hydrogen) atoms. The minimum absolute atomic E-state index is 0.0611. The minimum Gasteiger partial charge on any atom is -0.396 e. The second-order valence-corrected chi connectivity index (χ2v) is 6.23. The number of rotatable bonds is 3. The van der Waals surface area contributed by atoms with E-state index >= 15 is 0 Å². The summed E-state index contributed by atoms with van der Waals surface area (Å²) in [4.78, 5) is 10.5. The van der Waals surface area contributed by atoms with Gasteiger partial charge in [-0.15, -0.1) is 0 Å². The lowest BCUT2D eigenvalue weighted by atomic mass is 9.92. The summed E-state index contributed by atoms with van der Waals surface area (Å²) < 4.78 is 16.1. The van der Waals surface area contributed by atoms with Gasteiger partial charge in [0.1, 0.15) is 18.0 Å². The fourth-order valence-electron chi connectivity index (χ4n) is 3.53. The lowest BCUT2D eigenvalue weighted by molar-refractivity contribution is 0.227. The van der Waals surface area contributed by atoms with Crippen molar-refractivity contribution in [3.05, 3.63) is 48.3 Å². The van der Waals surface area contributed by atoms with Crippen molar-refractivity contribution in [2.24, 2.45) is 13.0 Å². The molecule has 0 radical (unpaired) electrons. The molecule has 1 aliphatic rings. The fraction of sp³-hybridized carbons (Fsp3) is 0.353. The third kappa shape index (κ3) is 2.41. The van der Waals surface area contributed by atoms with Crippen molar-refractivity contribution >= 4 is 16.7 Å². The van der Waals surface area contributed by atoms with Crippen molar-refractivity contribution in [3.63, 3.8) is 0 Å². The van der Waals surface area contributed by atoms with Gasteiger partial charge in [0, 0.05) is 44.8 Å². The zero-order valence-corrected chi connectivity index (χ0v) is 13.3. The second-order valence-electron chi connectivity index (χ2n) is 6.23. The Balaban J connectivity index is 1.73. The lowest BCUT2D eigenvalue weighted by Crippen LogP contribution is -2.22. The number of fused-ring (bicyclic) bond motifs is 1. The number of aliphatic hydroxyl groups excluding tert-OH is 1. The second kappa shape index (κ2) is 5.83. The maximum atomic E-state index is 14.3. The summed E-state index contributed by atoms with van der Waals surface area (Å²) in [5.74, 6) is 0.461. The third-order valence-corrected chi connectivity index (χ3v) is 4.72. The van der Waals surface area contributed by atoms with Gasteiger partial charge in [-0.3, -0.25) is 4.68 Å². The molecule has 124 valence electrons. The smallest absolute Gasteiger partial charge is 0.142 e. The Labute approximate surface area is 138 Å². The Morgan fingerprint density at radius 3 is 2.92 bits per heavy atom. The van der Waals surface area contributed by atoms with Crippen LogP contribution in [0.5, 0.6) is 0 Å². The summed E-state index contributed by atoms with van der Waals surface area (Å²) in [6, 6.07) is 4.85. The first kappa shape index (κ1) is 15.0. The largest absolute Gasteiger partial charge is 0.396 e. The zero-order valence-electron chi connectivity index (χ0n) is 13.3. The summed E-state index contributed by atoms with van der Waals surface area (Å²) in [5, 5.41) is 14.4. The predicted octanol–water partition coefficient (Wildman–Crippen LogP) is 1.71. The fourth-order valence-corrected chi connectivity index (χ4v) is 3.53. The SMILES string of the molecule is Cn1cc([C@@H]2CN(c3ncnc4cccc(F)c34)C[C@H]2CO)cn1. The highest BCUT2D eigenvalue weighted by Crippen LogP contribution is 2.36. The Morgan fingerprint density at radius 1 is 1.29 bits per heavy atom. The molecular formula is C17H18FN5O. The number of aromatic nitrogens is 4. The molecule has 2 aromatic heterocycles. The summed E-state index contributed by atoms with van der Waals surface area (Å²) >= 11 is 0. The highest BCUT2D eigenvalue weighted by atomic mass is 19.1. The van der Waals surface area contributed by atoms with Crippen LogP contribution in [0.15, 0.2) is 36.9 Å². The zero-order chi connectivity index (χ0) is 16.7. The van der Waals surface area contributed by atoms with E-state index in [9.17, 15) is 9.50 Å². The van der Waals surface area contributed by atoms with Gasteiger partial charge in [0.15, 0.2) is 0 Å². The monoisotopic (exact) mass is 327 g/mol. The van der Waals surface area contributed by atoms with Gasteiger partial charge in [0.25, 0.3) is 0 Å². The van der Waals surface area contributed by atoms with E-state index in [-0.39, 0.29) is 24.3 Å². The first-order chi connectivity index (χ1) is 11.7. The Morgan fingerprint density at radius 2 is 2.17 bits per heavy atom. The van der Waals surface area contributed by atoms with E-state index in [0.29, 0.717) is 29.8 Å². The Hall–Kier alpha value is -2.54. The summed E-state index contributed by atoms with van der Waals surface area (Å²) in [7, 11) is 1.87. The summed E-state index contributed by atoms with van der Waals surface area (Å²) in [6.45, 7) is 1.36. The van der Waals surface area contributed by atoms with E-state index in [1.54, 1.807) is 16.8 Å². The summed E-state index contributed by atoms with van der Waals surface area (Å²) in [6.07, 6.45) is 5.26. The number of aryl methyl sites for hydroxylation is 1. The molecule has 0 amide bonds. The average Bonchev–Trinajstić information content (AvgIpc) is 3.20. The van der Waals surface area contributed by atoms with Gasteiger partial charge in [-0.2, -0.15) is 5.10 Å². The van der Waals surface area contributed by atoms with E-state index in [0.717, 1.165) is 5.56 Å². The van der Waals surface area contributed by atoms with E-state index in [1.807, 2.05) is 24.3 Å². The molecule has 1 aromatic carbocycles. The quantitative estimate of drug-likeness (QED) is 0.793. The molecule has 1 saturated heterocycles. The van der Waals surface area contributed by atoms with Crippen LogP contribution in [0.2, 0.25) is 0 Å². The van der Waals surface area contributed by atoms with Gasteiger partial charge in [0.2, 0.25) is 0 Å². The number of hydrogen-bond acceptors (Lipinski definition) is 5. The molecule has 0 spiro atoms. The molecule has 2 atom stereocenters. The van der Waals surface area contributed by atoms with Gasteiger partial charge in [-0.05, 0) is 17.7 Å². The normalized spacial score (nSPS) is 20.9. The molecule has 3 aromatic rings. The molecule has 1 aliphatic heterocycles. The standard InChI is InChI=1S/C17H18FN5O/c1-22-6-11(5-21-22)13-8-23(7-12(13)9-24)17-16-14(18)3-2-4-15(16)19-10-20-17/h2-6,10,12-13,24H,7-9H2,1H3/t12-,13-/m0/s1. The minimum atomic E-state index is -0.325. The van der Waals surface area contributed by atoms with Gasteiger partial charge in [-0.1, -0.05) is 6.07 Å². The van der Waals surface area contributed by atoms with Crippen LogP contribution in [0, 0.1) is 11.7 Å². The Bertz CT molecular complexity index is 875. The molecule has 0 unspecified atom stereocenters. The molecule has 1 fully saturated rings. The van der Waals surface area contributed by atoms with Crippen LogP contribution in [0.3, 0.4) is 0 Å². The predicted molar refractivity (Wildman–Crippen MR) is 88.2 cm³/mol. The molecule has 7 heteroatoms. The highest BCUT2D eigenvalue weighted by molar-refractivity contribution is 5.90. The molecule has 1 N–H and O–H groups in total. The average molecular weight is 327 g/mol. The van der Waals surface area contributed by atoms with Crippen LogP contribution >= 0.6 is 0 Å². The Kier molecular flexibility index (Phi) is 3.65. The van der Waals surface area contributed by atoms with Crippen LogP contribution in [-0.4, -0.2) is 44.6 Å². The van der Waals surface area contributed by atoms with E-state index in [4.69, 9.17) is 0 Å². The first-order valence-electron chi connectivity index (χ1n) is 7.91. The number of anilines is 1. The number of benzene rings is 1. The number of aliphatic hydroxyl groups is 1. The van der Waals surface area contributed by atoms with Gasteiger partial charge in [-0.25, -0.2) is 14.4 Å². The van der Waals surface area contributed by atoms with Crippen LogP contribution in [0.1, 0.15) is 11.5 Å². The van der Waals surface area contributed by atoms with Crippen molar-refractivity contribution < 1.29 is 9.50 Å². The number of halogens is 1. The van der Waals surface area contributed by atoms with Crippen molar-refractivity contribution in [2.75, 3.05) is 24.6 Å². The molecule has 0 saturated carbocycles. The molecule has 0 aliphatic carbocycles.